The summed E-state index contributed by atoms with van der Waals surface area (Å²) in [5, 5.41) is 0. The second kappa shape index (κ2) is 5.73. The number of nitrogens with two attached hydrogens (primary N) is 1. The minimum absolute atomic E-state index is 0.272. The normalized spacial score (nSPS) is 19.1. The highest BCUT2D eigenvalue weighted by Crippen LogP contribution is 2.36. The van der Waals surface area contributed by atoms with Gasteiger partial charge in [-0.3, -0.25) is 0 Å². The topological polar surface area (TPSA) is 43.8 Å². The second-order valence-corrected chi connectivity index (χ2v) is 7.52. The van der Waals surface area contributed by atoms with Crippen molar-refractivity contribution in [2.45, 2.75) is 64.0 Å². The number of hydrogen-bond donors (Lipinski definition) is 1. The molecule has 1 heterocycles. The predicted molar refractivity (Wildman–Crippen MR) is 91.4 cm³/mol. The van der Waals surface area contributed by atoms with Crippen LogP contribution in [0.15, 0.2) is 22.7 Å². The molecule has 0 aliphatic heterocycles. The maximum atomic E-state index is 6.83. The van der Waals surface area contributed by atoms with Crippen LogP contribution in [0.5, 0.6) is 0 Å². The lowest BCUT2D eigenvalue weighted by Crippen LogP contribution is -2.39. The molecule has 1 aromatic heterocycles. The minimum atomic E-state index is -0.272. The number of halogens is 1. The molecule has 0 spiro atoms. The van der Waals surface area contributed by atoms with Crippen LogP contribution in [-0.4, -0.2) is 9.55 Å². The predicted octanol–water partition coefficient (Wildman–Crippen LogP) is 4.89. The van der Waals surface area contributed by atoms with Crippen molar-refractivity contribution in [3.05, 3.63) is 28.5 Å². The summed E-state index contributed by atoms with van der Waals surface area (Å²) in [5.41, 5.74) is 8.79. The lowest BCUT2D eigenvalue weighted by atomic mass is 9.90. The minimum Gasteiger partial charge on any atom is -0.324 e. The Balaban J connectivity index is 2.18. The molecule has 2 N–H and O–H groups in total. The van der Waals surface area contributed by atoms with Gasteiger partial charge in [-0.25, -0.2) is 4.98 Å². The molecule has 1 aliphatic rings. The van der Waals surface area contributed by atoms with Crippen LogP contribution in [-0.2, 0) is 5.54 Å². The molecule has 3 rings (SSSR count). The standard InChI is InChI=1S/C17H24BrN3/c1-12(2)21-15-8-7-13(18)11-14(15)20-16(21)17(19)9-5-3-4-6-10-17/h7-8,11-12H,3-6,9-10,19H2,1-2H3. The first-order chi connectivity index (χ1) is 10.0. The van der Waals surface area contributed by atoms with Gasteiger partial charge >= 0.3 is 0 Å². The van der Waals surface area contributed by atoms with Crippen LogP contribution in [0, 0.1) is 0 Å². The van der Waals surface area contributed by atoms with Crippen LogP contribution in [0.3, 0.4) is 0 Å². The van der Waals surface area contributed by atoms with Crippen molar-refractivity contribution >= 4 is 27.0 Å². The number of aromatic nitrogens is 2. The molecule has 1 saturated carbocycles. The van der Waals surface area contributed by atoms with Crippen molar-refractivity contribution in [3.63, 3.8) is 0 Å². The molecule has 0 bridgehead atoms. The van der Waals surface area contributed by atoms with Gasteiger partial charge in [-0.2, -0.15) is 0 Å². The first-order valence-corrected chi connectivity index (χ1v) is 8.77. The van der Waals surface area contributed by atoms with Gasteiger partial charge < -0.3 is 10.3 Å². The van der Waals surface area contributed by atoms with E-state index < -0.39 is 0 Å². The Morgan fingerprint density at radius 1 is 1.19 bits per heavy atom. The molecule has 1 aromatic carbocycles. The highest BCUT2D eigenvalue weighted by molar-refractivity contribution is 9.10. The fraction of sp³-hybridized carbons (Fsp3) is 0.588. The number of nitrogens with zero attached hydrogens (tertiary/aromatic N) is 2. The largest absolute Gasteiger partial charge is 0.324 e. The Morgan fingerprint density at radius 2 is 1.86 bits per heavy atom. The molecule has 0 atom stereocenters. The summed E-state index contributed by atoms with van der Waals surface area (Å²) >= 11 is 3.54. The zero-order valence-corrected chi connectivity index (χ0v) is 14.5. The van der Waals surface area contributed by atoms with Gasteiger partial charge in [-0.1, -0.05) is 41.6 Å². The monoisotopic (exact) mass is 349 g/mol. The molecule has 114 valence electrons. The molecule has 4 heteroatoms. The van der Waals surface area contributed by atoms with E-state index >= 15 is 0 Å². The van der Waals surface area contributed by atoms with E-state index in [1.807, 2.05) is 0 Å². The van der Waals surface area contributed by atoms with Gasteiger partial charge in [-0.15, -0.1) is 0 Å². The van der Waals surface area contributed by atoms with Gasteiger partial charge in [0.1, 0.15) is 5.82 Å². The Kier molecular flexibility index (Phi) is 4.10. The van der Waals surface area contributed by atoms with Crippen LogP contribution in [0.1, 0.15) is 64.2 Å². The Bertz CT molecular complexity index is 637. The molecule has 0 amide bonds. The fourth-order valence-corrected chi connectivity index (χ4v) is 3.88. The molecule has 3 nitrogen and oxygen atoms in total. The summed E-state index contributed by atoms with van der Waals surface area (Å²) in [6.45, 7) is 4.43. The van der Waals surface area contributed by atoms with E-state index in [1.54, 1.807) is 0 Å². The molecule has 1 aliphatic carbocycles. The van der Waals surface area contributed by atoms with Crippen molar-refractivity contribution in [2.24, 2.45) is 5.73 Å². The third-order valence-corrected chi connectivity index (χ3v) is 5.10. The molecule has 0 unspecified atom stereocenters. The third-order valence-electron chi connectivity index (χ3n) is 4.61. The molecule has 0 saturated heterocycles. The van der Waals surface area contributed by atoms with Crippen molar-refractivity contribution in [2.75, 3.05) is 0 Å². The van der Waals surface area contributed by atoms with E-state index in [-0.39, 0.29) is 5.54 Å². The second-order valence-electron chi connectivity index (χ2n) is 6.60. The highest BCUT2D eigenvalue weighted by Gasteiger charge is 2.34. The molecule has 2 aromatic rings. The molecule has 1 fully saturated rings. The summed E-state index contributed by atoms with van der Waals surface area (Å²) in [4.78, 5) is 4.94. The molecule has 0 radical (unpaired) electrons. The van der Waals surface area contributed by atoms with Crippen LogP contribution in [0.4, 0.5) is 0 Å². The SMILES string of the molecule is CC(C)n1c(C2(N)CCCCCC2)nc2cc(Br)ccc21. The summed E-state index contributed by atoms with van der Waals surface area (Å²) in [6, 6.07) is 6.70. The van der Waals surface area contributed by atoms with E-state index in [4.69, 9.17) is 10.7 Å². The van der Waals surface area contributed by atoms with E-state index in [2.05, 4.69) is 52.5 Å². The summed E-state index contributed by atoms with van der Waals surface area (Å²) < 4.78 is 3.41. The third kappa shape index (κ3) is 2.76. The Morgan fingerprint density at radius 3 is 2.48 bits per heavy atom. The Labute approximate surface area is 135 Å². The fourth-order valence-electron chi connectivity index (χ4n) is 3.53. The Hall–Kier alpha value is -0.870. The zero-order chi connectivity index (χ0) is 15.0. The number of imidazole rings is 1. The average molecular weight is 350 g/mol. The van der Waals surface area contributed by atoms with Gasteiger partial charge in [0, 0.05) is 10.5 Å². The average Bonchev–Trinajstić information content (AvgIpc) is 2.68. The van der Waals surface area contributed by atoms with Gasteiger partial charge in [-0.05, 0) is 44.9 Å². The van der Waals surface area contributed by atoms with E-state index in [0.29, 0.717) is 6.04 Å². The summed E-state index contributed by atoms with van der Waals surface area (Å²) in [6.07, 6.45) is 7.11. The maximum absolute atomic E-state index is 6.83. The van der Waals surface area contributed by atoms with Crippen LogP contribution in [0.2, 0.25) is 0 Å². The van der Waals surface area contributed by atoms with Crippen molar-refractivity contribution in [1.82, 2.24) is 9.55 Å². The number of hydrogen-bond acceptors (Lipinski definition) is 2. The first kappa shape index (κ1) is 15.0. The van der Waals surface area contributed by atoms with E-state index in [9.17, 15) is 0 Å². The number of rotatable bonds is 2. The lowest BCUT2D eigenvalue weighted by molar-refractivity contribution is 0.342. The van der Waals surface area contributed by atoms with E-state index in [1.165, 1.54) is 31.2 Å². The summed E-state index contributed by atoms with van der Waals surface area (Å²) in [7, 11) is 0. The maximum Gasteiger partial charge on any atom is 0.130 e. The van der Waals surface area contributed by atoms with Gasteiger partial charge in [0.25, 0.3) is 0 Å². The smallest absolute Gasteiger partial charge is 0.130 e. The number of benzene rings is 1. The van der Waals surface area contributed by atoms with E-state index in [0.717, 1.165) is 28.7 Å². The van der Waals surface area contributed by atoms with Gasteiger partial charge in [0.2, 0.25) is 0 Å². The van der Waals surface area contributed by atoms with Crippen molar-refractivity contribution in [3.8, 4) is 0 Å². The van der Waals surface area contributed by atoms with Gasteiger partial charge in [0.05, 0.1) is 16.6 Å². The molecular weight excluding hydrogens is 326 g/mol. The zero-order valence-electron chi connectivity index (χ0n) is 12.9. The quantitative estimate of drug-likeness (QED) is 0.784. The lowest BCUT2D eigenvalue weighted by Gasteiger charge is -2.29. The number of fused-ring (bicyclic) bond motifs is 1. The molecule has 21 heavy (non-hydrogen) atoms. The van der Waals surface area contributed by atoms with Crippen molar-refractivity contribution < 1.29 is 0 Å². The first-order valence-electron chi connectivity index (χ1n) is 7.98. The van der Waals surface area contributed by atoms with Crippen LogP contribution >= 0.6 is 15.9 Å². The molecular formula is C17H24BrN3. The highest BCUT2D eigenvalue weighted by atomic mass is 79.9. The summed E-state index contributed by atoms with van der Waals surface area (Å²) in [5.74, 6) is 1.08. The van der Waals surface area contributed by atoms with Crippen LogP contribution in [0.25, 0.3) is 11.0 Å². The van der Waals surface area contributed by atoms with Crippen molar-refractivity contribution in [1.29, 1.82) is 0 Å². The van der Waals surface area contributed by atoms with Crippen LogP contribution < -0.4 is 5.73 Å². The van der Waals surface area contributed by atoms with Gasteiger partial charge in [0.15, 0.2) is 0 Å².